The Hall–Kier alpha value is -2.28. The predicted octanol–water partition coefficient (Wildman–Crippen LogP) is 1.92. The number of aliphatic imine (C=N–C) groups is 1. The average Bonchev–Trinajstić information content (AvgIpc) is 3.29. The zero-order chi connectivity index (χ0) is 20.5. The molecule has 2 heterocycles. The van der Waals surface area contributed by atoms with Crippen LogP contribution < -0.4 is 10.1 Å². The molecule has 1 N–H and O–H groups in total. The lowest BCUT2D eigenvalue weighted by atomic mass is 10.1. The summed E-state index contributed by atoms with van der Waals surface area (Å²) in [6.45, 7) is 9.99. The molecule has 1 amide bonds. The predicted molar refractivity (Wildman–Crippen MR) is 114 cm³/mol. The first-order valence-electron chi connectivity index (χ1n) is 10.9. The number of amides is 1. The molecule has 2 saturated heterocycles. The lowest BCUT2D eigenvalue weighted by Gasteiger charge is -2.37. The van der Waals surface area contributed by atoms with Gasteiger partial charge in [0.1, 0.15) is 11.9 Å². The Kier molecular flexibility index (Phi) is 8.16. The summed E-state index contributed by atoms with van der Waals surface area (Å²) in [6.07, 6.45) is 2.45. The van der Waals surface area contributed by atoms with Gasteiger partial charge in [-0.25, -0.2) is 0 Å². The third-order valence-electron chi connectivity index (χ3n) is 5.35. The van der Waals surface area contributed by atoms with E-state index in [-0.39, 0.29) is 12.0 Å². The number of ether oxygens (including phenoxy) is 2. The average molecular weight is 403 g/mol. The smallest absolute Gasteiger partial charge is 0.251 e. The molecule has 2 aliphatic rings. The van der Waals surface area contributed by atoms with Crippen molar-refractivity contribution in [3.05, 3.63) is 29.8 Å². The SMILES string of the molecule is CCNC(=NCCc1ccccc1OCC)N1CCN(C(=O)C2CCCO2)CC1. The van der Waals surface area contributed by atoms with Crippen LogP contribution in [0, 0.1) is 0 Å². The van der Waals surface area contributed by atoms with Gasteiger partial charge in [0.15, 0.2) is 5.96 Å². The van der Waals surface area contributed by atoms with E-state index in [4.69, 9.17) is 14.5 Å². The van der Waals surface area contributed by atoms with Gasteiger partial charge in [0.2, 0.25) is 0 Å². The number of nitrogens with one attached hydrogen (secondary N) is 1. The van der Waals surface area contributed by atoms with Crippen molar-refractivity contribution in [1.82, 2.24) is 15.1 Å². The molecule has 160 valence electrons. The standard InChI is InChI=1S/C22H34N4O3/c1-3-23-22(24-12-11-18-8-5-6-9-19(18)28-4-2)26-15-13-25(14-16-26)21(27)20-10-7-17-29-20/h5-6,8-9,20H,3-4,7,10-17H2,1-2H3,(H,23,24). The molecular formula is C22H34N4O3. The van der Waals surface area contributed by atoms with Crippen molar-refractivity contribution < 1.29 is 14.3 Å². The molecule has 0 spiro atoms. The first-order valence-corrected chi connectivity index (χ1v) is 10.9. The van der Waals surface area contributed by atoms with Gasteiger partial charge in [0.05, 0.1) is 6.61 Å². The van der Waals surface area contributed by atoms with Gasteiger partial charge >= 0.3 is 0 Å². The Morgan fingerprint density at radius 3 is 2.66 bits per heavy atom. The molecule has 29 heavy (non-hydrogen) atoms. The van der Waals surface area contributed by atoms with Crippen molar-refractivity contribution in [3.63, 3.8) is 0 Å². The summed E-state index contributed by atoms with van der Waals surface area (Å²) < 4.78 is 11.3. The molecule has 0 aromatic heterocycles. The molecule has 0 radical (unpaired) electrons. The number of piperazine rings is 1. The minimum Gasteiger partial charge on any atom is -0.494 e. The minimum atomic E-state index is -0.228. The third kappa shape index (κ3) is 5.85. The van der Waals surface area contributed by atoms with E-state index in [2.05, 4.69) is 23.2 Å². The lowest BCUT2D eigenvalue weighted by Crippen LogP contribution is -2.55. The number of carbonyl (C=O) groups excluding carboxylic acids is 1. The second kappa shape index (κ2) is 11.0. The van der Waals surface area contributed by atoms with Gasteiger partial charge in [-0.1, -0.05) is 18.2 Å². The second-order valence-corrected chi connectivity index (χ2v) is 7.34. The van der Waals surface area contributed by atoms with Crippen molar-refractivity contribution in [2.75, 3.05) is 52.5 Å². The van der Waals surface area contributed by atoms with E-state index in [9.17, 15) is 4.79 Å². The molecular weight excluding hydrogens is 368 g/mol. The monoisotopic (exact) mass is 402 g/mol. The lowest BCUT2D eigenvalue weighted by molar-refractivity contribution is -0.142. The fourth-order valence-electron chi connectivity index (χ4n) is 3.83. The minimum absolute atomic E-state index is 0.150. The van der Waals surface area contributed by atoms with E-state index < -0.39 is 0 Å². The summed E-state index contributed by atoms with van der Waals surface area (Å²) in [6, 6.07) is 8.15. The number of rotatable bonds is 7. The third-order valence-corrected chi connectivity index (χ3v) is 5.35. The molecule has 0 bridgehead atoms. The normalized spacial score (nSPS) is 20.1. The topological polar surface area (TPSA) is 66.4 Å². The quantitative estimate of drug-likeness (QED) is 0.558. The molecule has 0 aliphatic carbocycles. The van der Waals surface area contributed by atoms with Gasteiger partial charge in [-0.15, -0.1) is 0 Å². The molecule has 0 saturated carbocycles. The van der Waals surface area contributed by atoms with Gasteiger partial charge in [0, 0.05) is 45.9 Å². The number of guanidine groups is 1. The number of hydrogen-bond donors (Lipinski definition) is 1. The highest BCUT2D eigenvalue weighted by Crippen LogP contribution is 2.19. The fraction of sp³-hybridized carbons (Fsp3) is 0.636. The van der Waals surface area contributed by atoms with Crippen LogP contribution in [0.3, 0.4) is 0 Å². The number of carbonyl (C=O) groups is 1. The summed E-state index contributed by atoms with van der Waals surface area (Å²) in [5, 5.41) is 3.39. The van der Waals surface area contributed by atoms with Gasteiger partial charge in [-0.2, -0.15) is 0 Å². The molecule has 7 nitrogen and oxygen atoms in total. The fourth-order valence-corrected chi connectivity index (χ4v) is 3.83. The second-order valence-electron chi connectivity index (χ2n) is 7.34. The molecule has 2 aliphatic heterocycles. The van der Waals surface area contributed by atoms with E-state index in [1.807, 2.05) is 30.0 Å². The largest absolute Gasteiger partial charge is 0.494 e. The Labute approximate surface area is 174 Å². The zero-order valence-electron chi connectivity index (χ0n) is 17.7. The van der Waals surface area contributed by atoms with Crippen LogP contribution in [0.1, 0.15) is 32.3 Å². The molecule has 1 unspecified atom stereocenters. The van der Waals surface area contributed by atoms with Gasteiger partial charge in [0.25, 0.3) is 5.91 Å². The van der Waals surface area contributed by atoms with Crippen molar-refractivity contribution >= 4 is 11.9 Å². The van der Waals surface area contributed by atoms with E-state index in [1.54, 1.807) is 0 Å². The number of nitrogens with zero attached hydrogens (tertiary/aromatic N) is 3. The molecule has 7 heteroatoms. The molecule has 2 fully saturated rings. The van der Waals surface area contributed by atoms with Crippen LogP contribution in [0.25, 0.3) is 0 Å². The van der Waals surface area contributed by atoms with Gasteiger partial charge in [-0.3, -0.25) is 9.79 Å². The zero-order valence-corrected chi connectivity index (χ0v) is 17.7. The van der Waals surface area contributed by atoms with Crippen LogP contribution in [-0.2, 0) is 16.0 Å². The van der Waals surface area contributed by atoms with E-state index in [0.717, 1.165) is 63.7 Å². The summed E-state index contributed by atoms with van der Waals surface area (Å²) in [5.41, 5.74) is 1.18. The van der Waals surface area contributed by atoms with Crippen molar-refractivity contribution in [3.8, 4) is 5.75 Å². The maximum absolute atomic E-state index is 12.5. The number of para-hydroxylation sites is 1. The van der Waals surface area contributed by atoms with Crippen LogP contribution in [0.5, 0.6) is 5.75 Å². The maximum Gasteiger partial charge on any atom is 0.251 e. The highest BCUT2D eigenvalue weighted by molar-refractivity contribution is 5.82. The first-order chi connectivity index (χ1) is 14.2. The van der Waals surface area contributed by atoms with Gasteiger partial charge in [-0.05, 0) is 44.7 Å². The Bertz CT molecular complexity index is 680. The molecule has 3 rings (SSSR count). The summed E-state index contributed by atoms with van der Waals surface area (Å²) in [7, 11) is 0. The first kappa shape index (κ1) is 21.4. The van der Waals surface area contributed by atoms with Crippen molar-refractivity contribution in [2.45, 2.75) is 39.2 Å². The van der Waals surface area contributed by atoms with Crippen LogP contribution >= 0.6 is 0 Å². The van der Waals surface area contributed by atoms with Crippen LogP contribution in [0.4, 0.5) is 0 Å². The van der Waals surface area contributed by atoms with Crippen LogP contribution in [0.15, 0.2) is 29.3 Å². The Morgan fingerprint density at radius 2 is 1.97 bits per heavy atom. The maximum atomic E-state index is 12.5. The van der Waals surface area contributed by atoms with Gasteiger partial charge < -0.3 is 24.6 Å². The molecule has 1 atom stereocenters. The number of benzene rings is 1. The summed E-state index contributed by atoms with van der Waals surface area (Å²) >= 11 is 0. The highest BCUT2D eigenvalue weighted by atomic mass is 16.5. The summed E-state index contributed by atoms with van der Waals surface area (Å²) in [4.78, 5) is 21.6. The Balaban J connectivity index is 1.54. The van der Waals surface area contributed by atoms with E-state index in [0.29, 0.717) is 19.8 Å². The summed E-state index contributed by atoms with van der Waals surface area (Å²) in [5.74, 6) is 2.01. The van der Waals surface area contributed by atoms with E-state index in [1.165, 1.54) is 5.56 Å². The van der Waals surface area contributed by atoms with Crippen LogP contribution in [0.2, 0.25) is 0 Å². The van der Waals surface area contributed by atoms with Crippen molar-refractivity contribution in [2.24, 2.45) is 4.99 Å². The highest BCUT2D eigenvalue weighted by Gasteiger charge is 2.30. The number of hydrogen-bond acceptors (Lipinski definition) is 4. The van der Waals surface area contributed by atoms with Crippen molar-refractivity contribution in [1.29, 1.82) is 0 Å². The molecule has 1 aromatic carbocycles. The van der Waals surface area contributed by atoms with E-state index >= 15 is 0 Å². The van der Waals surface area contributed by atoms with Crippen LogP contribution in [-0.4, -0.2) is 80.3 Å². The Morgan fingerprint density at radius 1 is 1.21 bits per heavy atom. The molecule has 1 aromatic rings.